The zero-order valence-electron chi connectivity index (χ0n) is 19.1. The number of carboxylic acids is 1. The number of carbonyl (C=O) groups is 3. The Morgan fingerprint density at radius 2 is 2.24 bits per heavy atom. The number of tetrazole rings is 1. The van der Waals surface area contributed by atoms with Crippen LogP contribution >= 0.6 is 34.9 Å². The van der Waals surface area contributed by atoms with E-state index in [4.69, 9.17) is 10.6 Å². The predicted molar refractivity (Wildman–Crippen MR) is 136 cm³/mol. The van der Waals surface area contributed by atoms with E-state index in [9.17, 15) is 19.5 Å². The molecular weight excluding hydrogens is 542 g/mol. The second-order valence-electron chi connectivity index (χ2n) is 8.15. The molecule has 1 saturated heterocycles. The average molecular weight is 564 g/mol. The lowest BCUT2D eigenvalue weighted by atomic mass is 10.0. The SMILES string of the molecule is C=CCn1nnnc1SCC1=C(C(=O)O)N2C(=O)[C@@H](NC(=O)C(=NOC3CC3)c3csc(N)n3)[C@@H]2SC1. The zero-order chi connectivity index (χ0) is 26.1. The van der Waals surface area contributed by atoms with Crippen LogP contribution in [0.15, 0.2) is 39.6 Å². The van der Waals surface area contributed by atoms with E-state index in [0.29, 0.717) is 23.0 Å². The average Bonchev–Trinajstić information content (AvgIpc) is 3.44. The van der Waals surface area contributed by atoms with E-state index in [1.807, 2.05) is 0 Å². The summed E-state index contributed by atoms with van der Waals surface area (Å²) < 4.78 is 1.54. The number of thiazole rings is 1. The summed E-state index contributed by atoms with van der Waals surface area (Å²) in [4.78, 5) is 48.9. The minimum atomic E-state index is -1.22. The summed E-state index contributed by atoms with van der Waals surface area (Å²) in [6, 6.07) is -0.928. The van der Waals surface area contributed by atoms with E-state index in [2.05, 4.69) is 37.6 Å². The summed E-state index contributed by atoms with van der Waals surface area (Å²) in [7, 11) is 0. The van der Waals surface area contributed by atoms with E-state index in [1.54, 1.807) is 16.1 Å². The Bertz CT molecular complexity index is 1320. The second kappa shape index (κ2) is 10.5. The Hall–Kier alpha value is -3.44. The summed E-state index contributed by atoms with van der Waals surface area (Å²) >= 11 is 3.78. The Morgan fingerprint density at radius 1 is 1.43 bits per heavy atom. The van der Waals surface area contributed by atoms with Crippen LogP contribution in [0.1, 0.15) is 18.5 Å². The van der Waals surface area contributed by atoms with Crippen LogP contribution in [0.3, 0.4) is 0 Å². The summed E-state index contributed by atoms with van der Waals surface area (Å²) in [5.74, 6) is -1.77. The molecule has 2 atom stereocenters. The van der Waals surface area contributed by atoms with Gasteiger partial charge in [-0.25, -0.2) is 14.5 Å². The van der Waals surface area contributed by atoms with Crippen LogP contribution in [0, 0.1) is 0 Å². The van der Waals surface area contributed by atoms with Crippen LogP contribution in [0.25, 0.3) is 0 Å². The number of hydrogen-bond acceptors (Lipinski definition) is 13. The smallest absolute Gasteiger partial charge is 0.352 e. The predicted octanol–water partition coefficient (Wildman–Crippen LogP) is 0.312. The standard InChI is InChI=1S/C20H21N9O5S3/c1-2-5-28-20(24-26-27-28)37-7-9-6-35-17-13(16(31)29(17)14(9)18(32)33)23-15(30)12(25-34-10-3-4-10)11-8-36-19(21)22-11/h2,8,10,13,17H,1,3-7H2,(H2,21,22)(H,23,30)(H,32,33)/t13-,17+/m1/s1. The number of carbonyl (C=O) groups excluding carboxylic acids is 2. The number of thioether (sulfide) groups is 2. The van der Waals surface area contributed by atoms with E-state index >= 15 is 0 Å². The first kappa shape index (κ1) is 25.2. The second-order valence-corrected chi connectivity index (χ2v) is 11.1. The number of nitrogens with two attached hydrogens (primary N) is 1. The van der Waals surface area contributed by atoms with Gasteiger partial charge in [-0.15, -0.1) is 34.8 Å². The van der Waals surface area contributed by atoms with Gasteiger partial charge in [0.25, 0.3) is 11.8 Å². The Labute approximate surface area is 222 Å². The fourth-order valence-electron chi connectivity index (χ4n) is 3.59. The van der Waals surface area contributed by atoms with Crippen LogP contribution in [-0.4, -0.2) is 87.7 Å². The molecule has 0 bridgehead atoms. The molecular formula is C20H21N9O5S3. The highest BCUT2D eigenvalue weighted by Crippen LogP contribution is 2.41. The molecule has 17 heteroatoms. The van der Waals surface area contributed by atoms with Crippen molar-refractivity contribution in [1.29, 1.82) is 0 Å². The van der Waals surface area contributed by atoms with E-state index in [1.165, 1.54) is 28.4 Å². The number of aliphatic carboxylic acids is 1. The van der Waals surface area contributed by atoms with Gasteiger partial charge in [-0.1, -0.05) is 23.0 Å². The summed E-state index contributed by atoms with van der Waals surface area (Å²) in [6.45, 7) is 4.07. The lowest BCUT2D eigenvalue weighted by Crippen LogP contribution is -2.71. The van der Waals surface area contributed by atoms with Crippen LogP contribution < -0.4 is 11.1 Å². The molecule has 0 spiro atoms. The van der Waals surface area contributed by atoms with Crippen molar-refractivity contribution >= 4 is 63.5 Å². The number of oxime groups is 1. The third kappa shape index (κ3) is 5.19. The van der Waals surface area contributed by atoms with Crippen molar-refractivity contribution in [3.63, 3.8) is 0 Å². The molecule has 5 rings (SSSR count). The lowest BCUT2D eigenvalue weighted by molar-refractivity contribution is -0.150. The van der Waals surface area contributed by atoms with Crippen molar-refractivity contribution < 1.29 is 24.3 Å². The number of carboxylic acid groups (broad SMARTS) is 1. The largest absolute Gasteiger partial charge is 0.477 e. The maximum atomic E-state index is 13.1. The molecule has 3 aliphatic rings. The maximum Gasteiger partial charge on any atom is 0.352 e. The molecule has 0 unspecified atom stereocenters. The van der Waals surface area contributed by atoms with E-state index in [0.717, 1.165) is 24.2 Å². The third-order valence-electron chi connectivity index (χ3n) is 5.51. The molecule has 4 heterocycles. The number of fused-ring (bicyclic) bond motifs is 1. The molecule has 1 saturated carbocycles. The van der Waals surface area contributed by atoms with Crippen LogP contribution in [0.5, 0.6) is 0 Å². The molecule has 0 aromatic carbocycles. The number of hydrogen-bond donors (Lipinski definition) is 3. The Morgan fingerprint density at radius 3 is 2.92 bits per heavy atom. The topological polar surface area (TPSA) is 191 Å². The number of anilines is 1. The lowest BCUT2D eigenvalue weighted by Gasteiger charge is -2.49. The van der Waals surface area contributed by atoms with Crippen molar-refractivity contribution in [3.05, 3.63) is 35.0 Å². The number of rotatable bonds is 11. The highest BCUT2D eigenvalue weighted by Gasteiger charge is 2.54. The number of nitrogen functional groups attached to an aromatic ring is 1. The van der Waals surface area contributed by atoms with Gasteiger partial charge in [0, 0.05) is 16.9 Å². The fraction of sp³-hybridized carbons (Fsp3) is 0.400. The van der Waals surface area contributed by atoms with E-state index < -0.39 is 29.2 Å². The van der Waals surface area contributed by atoms with Gasteiger partial charge in [0.1, 0.15) is 28.9 Å². The van der Waals surface area contributed by atoms with Gasteiger partial charge in [0.15, 0.2) is 10.8 Å². The van der Waals surface area contributed by atoms with Crippen LogP contribution in [0.2, 0.25) is 0 Å². The minimum absolute atomic E-state index is 0.0468. The molecule has 2 aromatic heterocycles. The zero-order valence-corrected chi connectivity index (χ0v) is 21.6. The number of aromatic nitrogens is 5. The molecule has 2 aromatic rings. The molecule has 1 aliphatic carbocycles. The Balaban J connectivity index is 1.30. The number of nitrogens with zero attached hydrogens (tertiary/aromatic N) is 7. The summed E-state index contributed by atoms with van der Waals surface area (Å²) in [5.41, 5.74) is 6.33. The third-order valence-corrected chi connectivity index (χ3v) is 8.57. The number of β-lactam (4-membered cyclic amide) rings is 1. The monoisotopic (exact) mass is 563 g/mol. The van der Waals surface area contributed by atoms with Crippen LogP contribution in [-0.2, 0) is 25.8 Å². The molecule has 4 N–H and O–H groups in total. The van der Waals surface area contributed by atoms with Gasteiger partial charge >= 0.3 is 5.97 Å². The van der Waals surface area contributed by atoms with Gasteiger partial charge < -0.3 is 21.0 Å². The van der Waals surface area contributed by atoms with Crippen molar-refractivity contribution in [3.8, 4) is 0 Å². The summed E-state index contributed by atoms with van der Waals surface area (Å²) in [6.07, 6.45) is 3.30. The van der Waals surface area contributed by atoms with E-state index in [-0.39, 0.29) is 34.1 Å². The Kier molecular flexibility index (Phi) is 7.16. The highest BCUT2D eigenvalue weighted by molar-refractivity contribution is 8.01. The van der Waals surface area contributed by atoms with Gasteiger partial charge in [-0.2, -0.15) is 0 Å². The number of amides is 2. The first-order chi connectivity index (χ1) is 17.9. The van der Waals surface area contributed by atoms with Crippen LogP contribution in [0.4, 0.5) is 5.13 Å². The molecule has 2 amide bonds. The van der Waals surface area contributed by atoms with Gasteiger partial charge in [0.2, 0.25) is 5.16 Å². The quantitative estimate of drug-likeness (QED) is 0.112. The van der Waals surface area contributed by atoms with Crippen molar-refractivity contribution in [2.75, 3.05) is 17.2 Å². The normalized spacial score (nSPS) is 21.4. The molecule has 14 nitrogen and oxygen atoms in total. The van der Waals surface area contributed by atoms with Crippen molar-refractivity contribution in [2.24, 2.45) is 5.16 Å². The first-order valence-electron chi connectivity index (χ1n) is 11.0. The first-order valence-corrected chi connectivity index (χ1v) is 13.9. The molecule has 194 valence electrons. The molecule has 37 heavy (non-hydrogen) atoms. The van der Waals surface area contributed by atoms with Gasteiger partial charge in [0.05, 0.1) is 6.54 Å². The maximum absolute atomic E-state index is 13.1. The summed E-state index contributed by atoms with van der Waals surface area (Å²) in [5, 5.41) is 29.8. The van der Waals surface area contributed by atoms with Crippen molar-refractivity contribution in [2.45, 2.75) is 42.1 Å². The molecule has 2 aliphatic heterocycles. The van der Waals surface area contributed by atoms with Crippen molar-refractivity contribution in [1.82, 2.24) is 35.4 Å². The molecule has 2 fully saturated rings. The highest BCUT2D eigenvalue weighted by atomic mass is 32.2. The molecule has 0 radical (unpaired) electrons. The number of nitrogens with one attached hydrogen (secondary N) is 1. The fourth-order valence-corrected chi connectivity index (χ4v) is 6.51. The minimum Gasteiger partial charge on any atom is -0.477 e. The number of allylic oxidation sites excluding steroid dienone is 1. The van der Waals surface area contributed by atoms with Gasteiger partial charge in [-0.05, 0) is 28.8 Å². The van der Waals surface area contributed by atoms with Gasteiger partial charge in [-0.3, -0.25) is 14.5 Å².